The first kappa shape index (κ1) is 21.9. The van der Waals surface area contributed by atoms with Gasteiger partial charge in [0.2, 0.25) is 0 Å². The second-order valence-electron chi connectivity index (χ2n) is 6.22. The number of rotatable bonds is 4. The molecule has 30 heavy (non-hydrogen) atoms. The zero-order chi connectivity index (χ0) is 22.1. The molecular weight excluding hydrogens is 380 g/mol. The van der Waals surface area contributed by atoms with E-state index in [1.807, 2.05) is 0 Å². The molecular formula is C25H18O5. The summed E-state index contributed by atoms with van der Waals surface area (Å²) < 4.78 is 10.2. The van der Waals surface area contributed by atoms with Crippen LogP contribution >= 0.6 is 0 Å². The highest BCUT2D eigenvalue weighted by atomic mass is 16.5. The average molecular weight is 398 g/mol. The number of hydrogen-bond donors (Lipinski definition) is 0. The molecule has 0 aliphatic rings. The van der Waals surface area contributed by atoms with Crippen LogP contribution in [0.3, 0.4) is 0 Å². The van der Waals surface area contributed by atoms with Gasteiger partial charge in [0, 0.05) is 22.3 Å². The summed E-state index contributed by atoms with van der Waals surface area (Å²) in [5, 5.41) is 0. The number of benzene rings is 2. The van der Waals surface area contributed by atoms with Gasteiger partial charge in [-0.3, -0.25) is 4.79 Å². The van der Waals surface area contributed by atoms with Gasteiger partial charge >= 0.3 is 11.9 Å². The van der Waals surface area contributed by atoms with Crippen molar-refractivity contribution in [2.45, 2.75) is 13.8 Å². The van der Waals surface area contributed by atoms with Crippen molar-refractivity contribution >= 4 is 17.7 Å². The summed E-state index contributed by atoms with van der Waals surface area (Å²) in [6.07, 6.45) is 0. The fraction of sp³-hybridized carbons (Fsp3) is 0.0800. The third-order valence-electron chi connectivity index (χ3n) is 3.47. The zero-order valence-corrected chi connectivity index (χ0v) is 16.6. The molecule has 5 heteroatoms. The maximum atomic E-state index is 11.9. The number of ether oxygens (including phenoxy) is 2. The van der Waals surface area contributed by atoms with Gasteiger partial charge in [0.05, 0.1) is 0 Å². The van der Waals surface area contributed by atoms with Crippen molar-refractivity contribution in [3.63, 3.8) is 0 Å². The van der Waals surface area contributed by atoms with Crippen molar-refractivity contribution in [1.29, 1.82) is 0 Å². The van der Waals surface area contributed by atoms with E-state index in [0.717, 1.165) is 0 Å². The molecule has 0 fully saturated rings. The lowest BCUT2D eigenvalue weighted by Gasteiger charge is -2.03. The third kappa shape index (κ3) is 6.99. The van der Waals surface area contributed by atoms with E-state index in [1.54, 1.807) is 62.4 Å². The monoisotopic (exact) mass is 398 g/mol. The highest BCUT2D eigenvalue weighted by molar-refractivity contribution is 6.09. The second-order valence-corrected chi connectivity index (χ2v) is 6.22. The number of esters is 2. The van der Waals surface area contributed by atoms with Crippen molar-refractivity contribution in [2.75, 3.05) is 0 Å². The summed E-state index contributed by atoms with van der Waals surface area (Å²) in [4.78, 5) is 34.8. The largest absolute Gasteiger partial charge is 0.423 e. The number of hydrogen-bond acceptors (Lipinski definition) is 5. The van der Waals surface area contributed by atoms with E-state index in [0.29, 0.717) is 33.8 Å². The number of ketones is 1. The Kier molecular flexibility index (Phi) is 7.51. The lowest BCUT2D eigenvalue weighted by molar-refractivity contribution is -0.130. The van der Waals surface area contributed by atoms with E-state index in [9.17, 15) is 14.4 Å². The first-order valence-electron chi connectivity index (χ1n) is 8.78. The molecule has 2 aromatic rings. The SMILES string of the molecule is C=C(C)C(=O)Oc1ccc(C#CC(=O)C#Cc2ccc(OC(=O)C(=C)C)cc2)cc1. The van der Waals surface area contributed by atoms with Gasteiger partial charge in [0.1, 0.15) is 11.5 Å². The summed E-state index contributed by atoms with van der Waals surface area (Å²) in [5.41, 5.74) is 1.74. The van der Waals surface area contributed by atoms with E-state index in [4.69, 9.17) is 9.47 Å². The van der Waals surface area contributed by atoms with E-state index in [1.165, 1.54) is 0 Å². The molecule has 0 heterocycles. The minimum Gasteiger partial charge on any atom is -0.423 e. The molecule has 148 valence electrons. The molecule has 0 aromatic heterocycles. The number of carbonyl (C=O) groups excluding carboxylic acids is 3. The van der Waals surface area contributed by atoms with Gasteiger partial charge in [-0.05, 0) is 74.2 Å². The van der Waals surface area contributed by atoms with Gasteiger partial charge in [0.15, 0.2) is 0 Å². The summed E-state index contributed by atoms with van der Waals surface area (Å²) in [6.45, 7) is 10.1. The molecule has 2 aromatic carbocycles. The molecule has 0 unspecified atom stereocenters. The van der Waals surface area contributed by atoms with Crippen LogP contribution in [-0.4, -0.2) is 17.7 Å². The zero-order valence-electron chi connectivity index (χ0n) is 16.6. The summed E-state index contributed by atoms with van der Waals surface area (Å²) in [6, 6.07) is 12.8. The topological polar surface area (TPSA) is 69.7 Å². The molecule has 0 atom stereocenters. The molecule has 0 aliphatic heterocycles. The minimum absolute atomic E-state index is 0.297. The quantitative estimate of drug-likeness (QED) is 0.341. The maximum Gasteiger partial charge on any atom is 0.338 e. The number of carbonyl (C=O) groups is 3. The molecule has 0 saturated heterocycles. The average Bonchev–Trinajstić information content (AvgIpc) is 2.72. The van der Waals surface area contributed by atoms with Gasteiger partial charge in [0.25, 0.3) is 5.78 Å². The van der Waals surface area contributed by atoms with Crippen LogP contribution in [0, 0.1) is 23.7 Å². The van der Waals surface area contributed by atoms with Crippen molar-refractivity contribution in [2.24, 2.45) is 0 Å². The predicted molar refractivity (Wildman–Crippen MR) is 113 cm³/mol. The molecule has 0 saturated carbocycles. The van der Waals surface area contributed by atoms with Crippen LogP contribution in [0.15, 0.2) is 72.8 Å². The Morgan fingerprint density at radius 2 is 1.00 bits per heavy atom. The fourth-order valence-electron chi connectivity index (χ4n) is 1.89. The Labute approximate surface area is 175 Å². The molecule has 0 N–H and O–H groups in total. The van der Waals surface area contributed by atoms with Crippen molar-refractivity contribution < 1.29 is 23.9 Å². The highest BCUT2D eigenvalue weighted by Crippen LogP contribution is 2.14. The molecule has 0 bridgehead atoms. The van der Waals surface area contributed by atoms with Crippen LogP contribution in [0.2, 0.25) is 0 Å². The third-order valence-corrected chi connectivity index (χ3v) is 3.47. The Balaban J connectivity index is 1.97. The Bertz CT molecular complexity index is 1040. The Morgan fingerprint density at radius 3 is 1.30 bits per heavy atom. The van der Waals surface area contributed by atoms with Crippen LogP contribution in [0.4, 0.5) is 0 Å². The molecule has 0 amide bonds. The highest BCUT2D eigenvalue weighted by Gasteiger charge is 2.05. The molecule has 2 rings (SSSR count). The van der Waals surface area contributed by atoms with E-state index < -0.39 is 17.7 Å². The van der Waals surface area contributed by atoms with Crippen LogP contribution < -0.4 is 9.47 Å². The van der Waals surface area contributed by atoms with E-state index >= 15 is 0 Å². The van der Waals surface area contributed by atoms with Gasteiger partial charge in [-0.2, -0.15) is 0 Å². The second kappa shape index (κ2) is 10.3. The first-order valence-corrected chi connectivity index (χ1v) is 8.78. The van der Waals surface area contributed by atoms with Crippen molar-refractivity contribution in [1.82, 2.24) is 0 Å². The lowest BCUT2D eigenvalue weighted by Crippen LogP contribution is -2.07. The Morgan fingerprint density at radius 1 is 0.667 bits per heavy atom. The summed E-state index contributed by atoms with van der Waals surface area (Å²) >= 11 is 0. The molecule has 0 aliphatic carbocycles. The van der Waals surface area contributed by atoms with Crippen molar-refractivity contribution in [3.8, 4) is 35.2 Å². The first-order chi connectivity index (χ1) is 14.2. The standard InChI is InChI=1S/C25H18O5/c1-17(2)24(27)29-22-13-7-19(8-14-22)5-11-21(26)12-6-20-9-15-23(16-10-20)30-25(28)18(3)4/h7-10,13-16H,1,3H2,2,4H3. The maximum absolute atomic E-state index is 11.9. The summed E-state index contributed by atoms with van der Waals surface area (Å²) in [7, 11) is 0. The predicted octanol–water partition coefficient (Wildman–Crippen LogP) is 3.62. The number of Topliss-reactive ketones (excluding diaryl/α,β-unsaturated/α-hetero) is 1. The van der Waals surface area contributed by atoms with E-state index in [-0.39, 0.29) is 0 Å². The molecule has 0 radical (unpaired) electrons. The van der Waals surface area contributed by atoms with Gasteiger partial charge in [-0.25, -0.2) is 9.59 Å². The van der Waals surface area contributed by atoms with Gasteiger partial charge < -0.3 is 9.47 Å². The smallest absolute Gasteiger partial charge is 0.338 e. The Hall–Kier alpha value is -4.35. The van der Waals surface area contributed by atoms with Crippen LogP contribution in [0.1, 0.15) is 25.0 Å². The normalized spacial score (nSPS) is 9.13. The van der Waals surface area contributed by atoms with Gasteiger partial charge in [-0.1, -0.05) is 25.0 Å². The fourth-order valence-corrected chi connectivity index (χ4v) is 1.89. The molecule has 0 spiro atoms. The van der Waals surface area contributed by atoms with E-state index in [2.05, 4.69) is 36.8 Å². The minimum atomic E-state index is -0.550. The molecule has 5 nitrogen and oxygen atoms in total. The van der Waals surface area contributed by atoms with Crippen molar-refractivity contribution in [3.05, 3.63) is 84.0 Å². The van der Waals surface area contributed by atoms with Gasteiger partial charge in [-0.15, -0.1) is 0 Å². The lowest BCUT2D eigenvalue weighted by atomic mass is 10.2. The summed E-state index contributed by atoms with van der Waals surface area (Å²) in [5.74, 6) is 9.41. The van der Waals surface area contributed by atoms with Crippen LogP contribution in [-0.2, 0) is 14.4 Å². The van der Waals surface area contributed by atoms with Crippen LogP contribution in [0.5, 0.6) is 11.5 Å². The van der Waals surface area contributed by atoms with Crippen LogP contribution in [0.25, 0.3) is 0 Å².